The second-order valence-electron chi connectivity index (χ2n) is 5.01. The maximum Gasteiger partial charge on any atom is 0.166 e. The van der Waals surface area contributed by atoms with Gasteiger partial charge in [0.1, 0.15) is 0 Å². The number of benzene rings is 2. The van der Waals surface area contributed by atoms with Gasteiger partial charge in [-0.05, 0) is 29.8 Å². The summed E-state index contributed by atoms with van der Waals surface area (Å²) in [5.41, 5.74) is 4.22. The number of rotatable bonds is 2. The van der Waals surface area contributed by atoms with E-state index in [-0.39, 0.29) is 5.25 Å². The molecule has 2 heterocycles. The van der Waals surface area contributed by atoms with E-state index in [0.29, 0.717) is 5.69 Å². The van der Waals surface area contributed by atoms with Crippen LogP contribution in [0.25, 0.3) is 5.69 Å². The summed E-state index contributed by atoms with van der Waals surface area (Å²) in [5.74, 6) is 0. The first-order valence-electron chi connectivity index (χ1n) is 6.86. The van der Waals surface area contributed by atoms with E-state index in [2.05, 4.69) is 47.0 Å². The lowest BCUT2D eigenvalue weighted by atomic mass is 10.1. The summed E-state index contributed by atoms with van der Waals surface area (Å²) in [6, 6.07) is 22.6. The minimum absolute atomic E-state index is 0.217. The summed E-state index contributed by atoms with van der Waals surface area (Å²) in [5, 5.41) is 0.217. The molecule has 0 spiro atoms. The maximum absolute atomic E-state index is 11.4. The van der Waals surface area contributed by atoms with Crippen molar-refractivity contribution in [3.63, 3.8) is 0 Å². The zero-order valence-electron chi connectivity index (χ0n) is 11.3. The lowest BCUT2D eigenvalue weighted by Crippen LogP contribution is -2.13. The Balaban J connectivity index is 1.96. The van der Waals surface area contributed by atoms with Crippen molar-refractivity contribution in [2.45, 2.75) is 10.1 Å². The van der Waals surface area contributed by atoms with Crippen LogP contribution in [-0.2, 0) is 0 Å². The number of aldehydes is 1. The van der Waals surface area contributed by atoms with Crippen LogP contribution in [0.4, 0.5) is 0 Å². The molecule has 4 rings (SSSR count). The first kappa shape index (κ1) is 12.5. The summed E-state index contributed by atoms with van der Waals surface area (Å²) < 4.78 is 2.08. The second kappa shape index (κ2) is 4.93. The Labute approximate surface area is 127 Å². The van der Waals surface area contributed by atoms with Crippen molar-refractivity contribution in [3.05, 3.63) is 83.7 Å². The molecule has 102 valence electrons. The van der Waals surface area contributed by atoms with Crippen molar-refractivity contribution in [1.82, 2.24) is 4.57 Å². The fraction of sp³-hybridized carbons (Fsp3) is 0.0556. The van der Waals surface area contributed by atoms with Gasteiger partial charge in [0.15, 0.2) is 6.29 Å². The van der Waals surface area contributed by atoms with Crippen LogP contribution >= 0.6 is 11.8 Å². The number of fused-ring (bicyclic) bond motifs is 3. The van der Waals surface area contributed by atoms with Gasteiger partial charge in [-0.3, -0.25) is 4.79 Å². The molecule has 21 heavy (non-hydrogen) atoms. The Morgan fingerprint density at radius 1 is 0.905 bits per heavy atom. The van der Waals surface area contributed by atoms with Crippen LogP contribution < -0.4 is 0 Å². The summed E-state index contributed by atoms with van der Waals surface area (Å²) >= 11 is 1.84. The molecule has 3 heteroatoms. The minimum Gasteiger partial charge on any atom is -0.309 e. The van der Waals surface area contributed by atoms with E-state index in [4.69, 9.17) is 0 Å². The zero-order chi connectivity index (χ0) is 14.2. The molecule has 0 unspecified atom stereocenters. The third kappa shape index (κ3) is 1.93. The molecule has 0 bridgehead atoms. The number of nitrogens with zero attached hydrogens (tertiary/aromatic N) is 1. The predicted molar refractivity (Wildman–Crippen MR) is 85.3 cm³/mol. The van der Waals surface area contributed by atoms with Crippen molar-refractivity contribution in [1.29, 1.82) is 0 Å². The summed E-state index contributed by atoms with van der Waals surface area (Å²) in [6.45, 7) is 0. The van der Waals surface area contributed by atoms with E-state index in [9.17, 15) is 4.79 Å². The van der Waals surface area contributed by atoms with E-state index in [1.54, 1.807) is 0 Å². The number of aromatic nitrogens is 1. The monoisotopic (exact) mass is 291 g/mol. The minimum atomic E-state index is 0.217. The van der Waals surface area contributed by atoms with Crippen molar-refractivity contribution in [2.24, 2.45) is 0 Å². The van der Waals surface area contributed by atoms with E-state index >= 15 is 0 Å². The fourth-order valence-electron chi connectivity index (χ4n) is 2.84. The van der Waals surface area contributed by atoms with Gasteiger partial charge >= 0.3 is 0 Å². The number of para-hydroxylation sites is 1. The number of carbonyl (C=O) groups is 1. The fourth-order valence-corrected chi connectivity index (χ4v) is 4.13. The highest BCUT2D eigenvalue weighted by atomic mass is 32.2. The van der Waals surface area contributed by atoms with Crippen LogP contribution in [0, 0.1) is 0 Å². The molecule has 0 radical (unpaired) electrons. The second-order valence-corrected chi connectivity index (χ2v) is 6.16. The number of carbonyl (C=O) groups excluding carboxylic acids is 1. The zero-order valence-corrected chi connectivity index (χ0v) is 12.1. The molecule has 2 nitrogen and oxygen atoms in total. The van der Waals surface area contributed by atoms with E-state index in [1.807, 2.05) is 36.0 Å². The summed E-state index contributed by atoms with van der Waals surface area (Å²) in [7, 11) is 0. The Kier molecular flexibility index (Phi) is 2.93. The first-order valence-corrected chi connectivity index (χ1v) is 7.74. The van der Waals surface area contributed by atoms with Crippen molar-refractivity contribution in [3.8, 4) is 5.69 Å². The standard InChI is InChI=1S/C18H13NOS/c20-12-14-10-11-16-18(13-6-2-1-3-7-13)21-17-9-5-4-8-15(17)19(14)16/h1-12,18H/t18-/m1/s1. The topological polar surface area (TPSA) is 22.0 Å². The van der Waals surface area contributed by atoms with Gasteiger partial charge in [0, 0.05) is 10.6 Å². The highest BCUT2D eigenvalue weighted by Crippen LogP contribution is 2.47. The molecule has 1 aromatic heterocycles. The Hall–Kier alpha value is -2.26. The summed E-state index contributed by atoms with van der Waals surface area (Å²) in [4.78, 5) is 12.6. The first-order chi connectivity index (χ1) is 10.4. The number of hydrogen-bond donors (Lipinski definition) is 0. The molecule has 1 aliphatic rings. The average Bonchev–Trinajstić information content (AvgIpc) is 2.99. The van der Waals surface area contributed by atoms with Gasteiger partial charge in [0.25, 0.3) is 0 Å². The van der Waals surface area contributed by atoms with Crippen LogP contribution in [0.3, 0.4) is 0 Å². The van der Waals surface area contributed by atoms with Crippen LogP contribution in [0.15, 0.2) is 71.6 Å². The van der Waals surface area contributed by atoms with E-state index < -0.39 is 0 Å². The Morgan fingerprint density at radius 3 is 2.48 bits per heavy atom. The Morgan fingerprint density at radius 2 is 1.67 bits per heavy atom. The lowest BCUT2D eigenvalue weighted by molar-refractivity contribution is 0.111. The Bertz CT molecular complexity index is 807. The molecule has 0 aliphatic carbocycles. The van der Waals surface area contributed by atoms with Crippen LogP contribution in [-0.4, -0.2) is 10.9 Å². The predicted octanol–water partition coefficient (Wildman–Crippen LogP) is 4.48. The SMILES string of the molecule is O=Cc1ccc2n1-c1ccccc1S[C@@H]2c1ccccc1. The molecule has 3 aromatic rings. The quantitative estimate of drug-likeness (QED) is 0.649. The largest absolute Gasteiger partial charge is 0.309 e. The van der Waals surface area contributed by atoms with Crippen molar-refractivity contribution < 1.29 is 4.79 Å². The normalized spacial score (nSPS) is 16.1. The third-order valence-electron chi connectivity index (χ3n) is 3.78. The van der Waals surface area contributed by atoms with Gasteiger partial charge in [0.05, 0.1) is 16.6 Å². The van der Waals surface area contributed by atoms with Gasteiger partial charge in [0.2, 0.25) is 0 Å². The van der Waals surface area contributed by atoms with Gasteiger partial charge in [-0.1, -0.05) is 42.5 Å². The van der Waals surface area contributed by atoms with E-state index in [1.165, 1.54) is 10.5 Å². The highest BCUT2D eigenvalue weighted by Gasteiger charge is 2.27. The number of thioether (sulfide) groups is 1. The van der Waals surface area contributed by atoms with Crippen LogP contribution in [0.5, 0.6) is 0 Å². The third-order valence-corrected chi connectivity index (χ3v) is 5.13. The molecule has 0 N–H and O–H groups in total. The lowest BCUT2D eigenvalue weighted by Gasteiger charge is -2.27. The van der Waals surface area contributed by atoms with Crippen molar-refractivity contribution in [2.75, 3.05) is 0 Å². The molecule has 1 atom stereocenters. The van der Waals surface area contributed by atoms with Gasteiger partial charge in [-0.25, -0.2) is 0 Å². The average molecular weight is 291 g/mol. The summed E-state index contributed by atoms with van der Waals surface area (Å²) in [6.07, 6.45) is 0.929. The number of hydrogen-bond acceptors (Lipinski definition) is 2. The van der Waals surface area contributed by atoms with Crippen LogP contribution in [0.2, 0.25) is 0 Å². The highest BCUT2D eigenvalue weighted by molar-refractivity contribution is 8.00. The molecule has 1 aliphatic heterocycles. The van der Waals surface area contributed by atoms with Crippen LogP contribution in [0.1, 0.15) is 27.0 Å². The van der Waals surface area contributed by atoms with Gasteiger partial charge in [-0.2, -0.15) is 0 Å². The van der Waals surface area contributed by atoms with Gasteiger partial charge in [-0.15, -0.1) is 11.8 Å². The van der Waals surface area contributed by atoms with E-state index in [0.717, 1.165) is 17.7 Å². The molecule has 0 saturated heterocycles. The molecular formula is C18H13NOS. The molecule has 0 fully saturated rings. The molecule has 2 aromatic carbocycles. The van der Waals surface area contributed by atoms with Crippen molar-refractivity contribution >= 4 is 18.0 Å². The van der Waals surface area contributed by atoms with Gasteiger partial charge < -0.3 is 4.57 Å². The maximum atomic E-state index is 11.4. The molecule has 0 saturated carbocycles. The smallest absolute Gasteiger partial charge is 0.166 e. The molecular weight excluding hydrogens is 278 g/mol. The molecule has 0 amide bonds.